The van der Waals surface area contributed by atoms with Crippen LogP contribution in [0.15, 0.2) is 48.7 Å². The summed E-state index contributed by atoms with van der Waals surface area (Å²) in [6.07, 6.45) is 1.64. The van der Waals surface area contributed by atoms with Crippen molar-refractivity contribution < 1.29 is 9.53 Å². The first-order valence-electron chi connectivity index (χ1n) is 5.41. The Morgan fingerprint density at radius 2 is 1.94 bits per heavy atom. The Balaban J connectivity index is 2.04. The van der Waals surface area contributed by atoms with Crippen LogP contribution in [0.1, 0.15) is 10.4 Å². The number of anilines is 1. The standard InChI is InChI=1S/C13H13N3O2/c1-18-11-7-3-2-6-10(11)13(17)16-15-12-8-4-5-9-14-12/h2-9H,1H3,(H,14,15)(H,16,17). The summed E-state index contributed by atoms with van der Waals surface area (Å²) in [4.78, 5) is 15.9. The van der Waals surface area contributed by atoms with Crippen molar-refractivity contribution >= 4 is 11.7 Å². The number of amides is 1. The molecule has 1 aromatic heterocycles. The SMILES string of the molecule is COc1ccccc1C(=O)NNc1ccccn1. The van der Waals surface area contributed by atoms with Gasteiger partial charge in [0.1, 0.15) is 11.6 Å². The van der Waals surface area contributed by atoms with Crippen molar-refractivity contribution in [2.45, 2.75) is 0 Å². The average Bonchev–Trinajstić information content (AvgIpc) is 2.45. The van der Waals surface area contributed by atoms with Crippen LogP contribution in [0, 0.1) is 0 Å². The lowest BCUT2D eigenvalue weighted by atomic mass is 10.2. The van der Waals surface area contributed by atoms with Gasteiger partial charge in [0.25, 0.3) is 5.91 Å². The predicted molar refractivity (Wildman–Crippen MR) is 68.3 cm³/mol. The molecule has 5 heteroatoms. The highest BCUT2D eigenvalue weighted by atomic mass is 16.5. The first-order valence-corrected chi connectivity index (χ1v) is 5.41. The van der Waals surface area contributed by atoms with E-state index in [-0.39, 0.29) is 5.91 Å². The molecule has 0 bridgehead atoms. The number of hydrogen-bond acceptors (Lipinski definition) is 4. The highest BCUT2D eigenvalue weighted by Crippen LogP contribution is 2.16. The minimum Gasteiger partial charge on any atom is -0.496 e. The molecule has 0 aliphatic carbocycles. The fourth-order valence-corrected chi connectivity index (χ4v) is 1.46. The van der Waals surface area contributed by atoms with E-state index in [0.29, 0.717) is 17.1 Å². The van der Waals surface area contributed by atoms with Gasteiger partial charge < -0.3 is 4.74 Å². The van der Waals surface area contributed by atoms with Gasteiger partial charge in [-0.05, 0) is 24.3 Å². The van der Waals surface area contributed by atoms with Gasteiger partial charge in [-0.25, -0.2) is 4.98 Å². The van der Waals surface area contributed by atoms with Crippen molar-refractivity contribution in [3.05, 3.63) is 54.2 Å². The van der Waals surface area contributed by atoms with Crippen molar-refractivity contribution in [3.63, 3.8) is 0 Å². The number of aromatic nitrogens is 1. The number of para-hydroxylation sites is 1. The smallest absolute Gasteiger partial charge is 0.273 e. The molecule has 1 amide bonds. The van der Waals surface area contributed by atoms with Gasteiger partial charge in [0, 0.05) is 6.20 Å². The number of hydrogen-bond donors (Lipinski definition) is 2. The Morgan fingerprint density at radius 1 is 1.17 bits per heavy atom. The zero-order valence-electron chi connectivity index (χ0n) is 9.88. The maximum atomic E-state index is 11.9. The molecule has 1 heterocycles. The van der Waals surface area contributed by atoms with E-state index in [9.17, 15) is 4.79 Å². The molecule has 2 rings (SSSR count). The number of methoxy groups -OCH3 is 1. The third kappa shape index (κ3) is 2.76. The molecule has 0 unspecified atom stereocenters. The van der Waals surface area contributed by atoms with Crippen LogP contribution in [0.4, 0.5) is 5.82 Å². The molecule has 0 saturated heterocycles. The summed E-state index contributed by atoms with van der Waals surface area (Å²) in [5.41, 5.74) is 5.75. The van der Waals surface area contributed by atoms with Gasteiger partial charge in [-0.2, -0.15) is 0 Å². The number of hydrazine groups is 1. The van der Waals surface area contributed by atoms with Crippen molar-refractivity contribution in [2.75, 3.05) is 12.5 Å². The average molecular weight is 243 g/mol. The Hall–Kier alpha value is -2.56. The summed E-state index contributed by atoms with van der Waals surface area (Å²) in [6, 6.07) is 12.4. The molecule has 0 spiro atoms. The van der Waals surface area contributed by atoms with Crippen LogP contribution in [0.3, 0.4) is 0 Å². The van der Waals surface area contributed by atoms with Crippen LogP contribution in [-0.4, -0.2) is 18.0 Å². The van der Waals surface area contributed by atoms with E-state index >= 15 is 0 Å². The highest BCUT2D eigenvalue weighted by molar-refractivity contribution is 5.97. The van der Waals surface area contributed by atoms with Gasteiger partial charge in [0.2, 0.25) is 0 Å². The molecule has 0 saturated carbocycles. The summed E-state index contributed by atoms with van der Waals surface area (Å²) >= 11 is 0. The molecular weight excluding hydrogens is 230 g/mol. The molecular formula is C13H13N3O2. The number of nitrogens with one attached hydrogen (secondary N) is 2. The molecule has 18 heavy (non-hydrogen) atoms. The van der Waals surface area contributed by atoms with Gasteiger partial charge in [-0.15, -0.1) is 0 Å². The van der Waals surface area contributed by atoms with Gasteiger partial charge in [0.15, 0.2) is 0 Å². The monoisotopic (exact) mass is 243 g/mol. The molecule has 0 atom stereocenters. The number of rotatable bonds is 4. The number of carbonyl (C=O) groups excluding carboxylic acids is 1. The number of carbonyl (C=O) groups is 1. The van der Waals surface area contributed by atoms with Crippen LogP contribution in [0.25, 0.3) is 0 Å². The molecule has 0 aliphatic rings. The largest absolute Gasteiger partial charge is 0.496 e. The number of ether oxygens (including phenoxy) is 1. The van der Waals surface area contributed by atoms with Crippen LogP contribution in [0.2, 0.25) is 0 Å². The first-order chi connectivity index (χ1) is 8.81. The third-order valence-electron chi connectivity index (χ3n) is 2.32. The van der Waals surface area contributed by atoms with E-state index in [1.165, 1.54) is 7.11 Å². The second kappa shape index (κ2) is 5.67. The molecule has 5 nitrogen and oxygen atoms in total. The van der Waals surface area contributed by atoms with E-state index in [1.807, 2.05) is 12.1 Å². The fraction of sp³-hybridized carbons (Fsp3) is 0.0769. The second-order valence-corrected chi connectivity index (χ2v) is 3.49. The molecule has 92 valence electrons. The van der Waals surface area contributed by atoms with Crippen molar-refractivity contribution in [1.82, 2.24) is 10.4 Å². The maximum Gasteiger partial charge on any atom is 0.273 e. The lowest BCUT2D eigenvalue weighted by Crippen LogP contribution is -2.30. The zero-order valence-corrected chi connectivity index (χ0v) is 9.88. The minimum atomic E-state index is -0.280. The third-order valence-corrected chi connectivity index (χ3v) is 2.32. The molecule has 0 aliphatic heterocycles. The zero-order chi connectivity index (χ0) is 12.8. The Morgan fingerprint density at radius 3 is 2.67 bits per heavy atom. The van der Waals surface area contributed by atoms with Gasteiger partial charge >= 0.3 is 0 Å². The topological polar surface area (TPSA) is 63.2 Å². The molecule has 0 radical (unpaired) electrons. The Kier molecular flexibility index (Phi) is 3.76. The maximum absolute atomic E-state index is 11.9. The number of nitrogens with zero attached hydrogens (tertiary/aromatic N) is 1. The molecule has 2 N–H and O–H groups in total. The Bertz CT molecular complexity index is 529. The summed E-state index contributed by atoms with van der Waals surface area (Å²) in [6.45, 7) is 0. The summed E-state index contributed by atoms with van der Waals surface area (Å²) in [7, 11) is 1.53. The van der Waals surface area contributed by atoms with Crippen molar-refractivity contribution in [2.24, 2.45) is 0 Å². The van der Waals surface area contributed by atoms with E-state index < -0.39 is 0 Å². The van der Waals surface area contributed by atoms with E-state index in [2.05, 4.69) is 15.8 Å². The van der Waals surface area contributed by atoms with Gasteiger partial charge in [0.05, 0.1) is 12.7 Å². The minimum absolute atomic E-state index is 0.280. The molecule has 2 aromatic rings. The van der Waals surface area contributed by atoms with Crippen LogP contribution in [-0.2, 0) is 0 Å². The van der Waals surface area contributed by atoms with E-state index in [0.717, 1.165) is 0 Å². The lowest BCUT2D eigenvalue weighted by Gasteiger charge is -2.10. The van der Waals surface area contributed by atoms with Crippen LogP contribution in [0.5, 0.6) is 5.75 Å². The molecule has 1 aromatic carbocycles. The first kappa shape index (κ1) is 11.9. The Labute approximate surface area is 105 Å². The van der Waals surface area contributed by atoms with E-state index in [1.54, 1.807) is 36.5 Å². The summed E-state index contributed by atoms with van der Waals surface area (Å²) in [5.74, 6) is 0.816. The second-order valence-electron chi connectivity index (χ2n) is 3.49. The fourth-order valence-electron chi connectivity index (χ4n) is 1.46. The highest BCUT2D eigenvalue weighted by Gasteiger charge is 2.10. The predicted octanol–water partition coefficient (Wildman–Crippen LogP) is 1.85. The number of benzene rings is 1. The van der Waals surface area contributed by atoms with Crippen molar-refractivity contribution in [1.29, 1.82) is 0 Å². The van der Waals surface area contributed by atoms with E-state index in [4.69, 9.17) is 4.74 Å². The lowest BCUT2D eigenvalue weighted by molar-refractivity contribution is 0.0959. The van der Waals surface area contributed by atoms with Crippen LogP contribution >= 0.6 is 0 Å². The quantitative estimate of drug-likeness (QED) is 0.804. The van der Waals surface area contributed by atoms with Crippen molar-refractivity contribution in [3.8, 4) is 5.75 Å². The normalized spacial score (nSPS) is 9.61. The molecule has 0 fully saturated rings. The number of pyridine rings is 1. The van der Waals surface area contributed by atoms with Gasteiger partial charge in [-0.3, -0.25) is 15.6 Å². The summed E-state index contributed by atoms with van der Waals surface area (Å²) < 4.78 is 5.11. The van der Waals surface area contributed by atoms with Gasteiger partial charge in [-0.1, -0.05) is 18.2 Å². The summed E-state index contributed by atoms with van der Waals surface area (Å²) in [5, 5.41) is 0. The van der Waals surface area contributed by atoms with Crippen LogP contribution < -0.4 is 15.6 Å².